The quantitative estimate of drug-likeness (QED) is 0.521. The van der Waals surface area contributed by atoms with E-state index in [4.69, 9.17) is 9.47 Å². The van der Waals surface area contributed by atoms with E-state index in [1.54, 1.807) is 17.9 Å². The number of rotatable bonds is 4. The van der Waals surface area contributed by atoms with Gasteiger partial charge in [0.05, 0.1) is 35.0 Å². The molecule has 1 aromatic carbocycles. The fourth-order valence-corrected chi connectivity index (χ4v) is 4.32. The molecule has 154 valence electrons. The molecule has 30 heavy (non-hydrogen) atoms. The van der Waals surface area contributed by atoms with Gasteiger partial charge in [0.15, 0.2) is 0 Å². The Kier molecular flexibility index (Phi) is 4.84. The van der Waals surface area contributed by atoms with Crippen LogP contribution >= 0.6 is 0 Å². The number of ether oxygens (including phenoxy) is 2. The minimum atomic E-state index is 0.00203. The first-order chi connectivity index (χ1) is 14.7. The lowest BCUT2D eigenvalue weighted by Crippen LogP contribution is -2.29. The summed E-state index contributed by atoms with van der Waals surface area (Å²) < 4.78 is 14.3. The van der Waals surface area contributed by atoms with Gasteiger partial charge < -0.3 is 9.47 Å². The van der Waals surface area contributed by atoms with Crippen molar-refractivity contribution in [3.8, 4) is 11.1 Å². The lowest BCUT2D eigenvalue weighted by atomic mass is 10.0. The Labute approximate surface area is 173 Å². The van der Waals surface area contributed by atoms with Crippen molar-refractivity contribution in [1.29, 1.82) is 0 Å². The summed E-state index contributed by atoms with van der Waals surface area (Å²) in [5.41, 5.74) is 5.63. The van der Waals surface area contributed by atoms with E-state index >= 15 is 0 Å². The van der Waals surface area contributed by atoms with E-state index in [0.29, 0.717) is 19.8 Å². The summed E-state index contributed by atoms with van der Waals surface area (Å²) in [6.07, 6.45) is 5.34. The van der Waals surface area contributed by atoms with Crippen LogP contribution in [0.25, 0.3) is 33.1 Å². The molecule has 1 fully saturated rings. The van der Waals surface area contributed by atoms with Gasteiger partial charge in [0.2, 0.25) is 0 Å². The topological polar surface area (TPSA) is 71.2 Å². The molecule has 7 nitrogen and oxygen atoms in total. The zero-order valence-electron chi connectivity index (χ0n) is 17.2. The molecule has 1 aliphatic rings. The van der Waals surface area contributed by atoms with E-state index in [0.717, 1.165) is 51.6 Å². The first-order valence-corrected chi connectivity index (χ1v) is 10.2. The maximum absolute atomic E-state index is 13.1. The van der Waals surface area contributed by atoms with E-state index in [9.17, 15) is 4.79 Å². The molecule has 0 unspecified atom stereocenters. The van der Waals surface area contributed by atoms with Crippen LogP contribution in [0.1, 0.15) is 24.6 Å². The molecule has 0 atom stereocenters. The number of fused-ring (bicyclic) bond motifs is 3. The summed E-state index contributed by atoms with van der Waals surface area (Å²) in [6, 6.07) is 10.3. The van der Waals surface area contributed by atoms with Crippen molar-refractivity contribution in [2.75, 3.05) is 20.3 Å². The predicted octanol–water partition coefficient (Wildman–Crippen LogP) is 3.45. The molecule has 3 aromatic heterocycles. The van der Waals surface area contributed by atoms with Crippen molar-refractivity contribution >= 4 is 21.9 Å². The van der Waals surface area contributed by atoms with Crippen LogP contribution in [0.5, 0.6) is 0 Å². The number of aromatic nitrogens is 4. The largest absolute Gasteiger partial charge is 0.381 e. The van der Waals surface area contributed by atoms with Crippen LogP contribution in [-0.2, 0) is 23.1 Å². The third-order valence-electron chi connectivity index (χ3n) is 5.92. The van der Waals surface area contributed by atoms with E-state index in [2.05, 4.69) is 16.0 Å². The van der Waals surface area contributed by atoms with Crippen molar-refractivity contribution in [2.45, 2.75) is 25.5 Å². The first-order valence-electron chi connectivity index (χ1n) is 10.2. The number of benzene rings is 1. The number of hydrogen-bond donors (Lipinski definition) is 0. The summed E-state index contributed by atoms with van der Waals surface area (Å²) in [5, 5.41) is 0.982. The Bertz CT molecular complexity index is 1270. The van der Waals surface area contributed by atoms with Gasteiger partial charge in [-0.3, -0.25) is 19.1 Å². The fourth-order valence-electron chi connectivity index (χ4n) is 4.32. The van der Waals surface area contributed by atoms with Crippen molar-refractivity contribution in [1.82, 2.24) is 19.1 Å². The third-order valence-corrected chi connectivity index (χ3v) is 5.92. The lowest BCUT2D eigenvalue weighted by Gasteiger charge is -2.23. The van der Waals surface area contributed by atoms with Crippen LogP contribution in [0.3, 0.4) is 0 Å². The molecule has 0 spiro atoms. The highest BCUT2D eigenvalue weighted by Gasteiger charge is 2.23. The Morgan fingerprint density at radius 3 is 2.63 bits per heavy atom. The lowest BCUT2D eigenvalue weighted by molar-refractivity contribution is 0.0697. The van der Waals surface area contributed by atoms with Crippen molar-refractivity contribution in [3.05, 3.63) is 58.9 Å². The smallest absolute Gasteiger partial charge is 0.329 e. The summed E-state index contributed by atoms with van der Waals surface area (Å²) in [7, 11) is 3.48. The summed E-state index contributed by atoms with van der Waals surface area (Å²) in [6.45, 7) is 1.85. The summed E-state index contributed by atoms with van der Waals surface area (Å²) in [4.78, 5) is 22.2. The highest BCUT2D eigenvalue weighted by atomic mass is 16.5. The van der Waals surface area contributed by atoms with Gasteiger partial charge in [-0.1, -0.05) is 12.1 Å². The monoisotopic (exact) mass is 404 g/mol. The molecule has 0 saturated carbocycles. The molecule has 0 radical (unpaired) electrons. The standard InChI is InChI=1S/C23H24N4O3/c1-26-21-13-25-20-6-4-15(16-3-5-17(14-29-2)24-12-16)11-19(20)22(21)27(23(26)28)18-7-9-30-10-8-18/h3-6,11-13,18H,7-10,14H2,1-2H3. The second-order valence-electron chi connectivity index (χ2n) is 7.75. The van der Waals surface area contributed by atoms with Gasteiger partial charge in [-0.25, -0.2) is 4.79 Å². The van der Waals surface area contributed by atoms with Gasteiger partial charge in [0.1, 0.15) is 0 Å². The SMILES string of the molecule is COCc1ccc(-c2ccc3ncc4c(c3c2)n(C2CCOCC2)c(=O)n4C)cn1. The van der Waals surface area contributed by atoms with Gasteiger partial charge in [-0.15, -0.1) is 0 Å². The maximum atomic E-state index is 13.1. The average molecular weight is 404 g/mol. The zero-order chi connectivity index (χ0) is 20.7. The summed E-state index contributed by atoms with van der Waals surface area (Å²) in [5.74, 6) is 0. The van der Waals surface area contributed by atoms with Crippen LogP contribution in [0.4, 0.5) is 0 Å². The Morgan fingerprint density at radius 2 is 1.90 bits per heavy atom. The minimum absolute atomic E-state index is 0.00203. The van der Waals surface area contributed by atoms with Crippen LogP contribution in [-0.4, -0.2) is 39.4 Å². The number of pyridine rings is 2. The minimum Gasteiger partial charge on any atom is -0.381 e. The van der Waals surface area contributed by atoms with Gasteiger partial charge in [0.25, 0.3) is 0 Å². The molecule has 7 heteroatoms. The Morgan fingerprint density at radius 1 is 1.10 bits per heavy atom. The molecule has 1 aliphatic heterocycles. The second kappa shape index (κ2) is 7.66. The number of imidazole rings is 1. The Hall–Kier alpha value is -3.03. The number of hydrogen-bond acceptors (Lipinski definition) is 5. The van der Waals surface area contributed by atoms with E-state index < -0.39 is 0 Å². The molecule has 4 heterocycles. The normalized spacial score (nSPS) is 15.3. The second-order valence-corrected chi connectivity index (χ2v) is 7.75. The van der Waals surface area contributed by atoms with Gasteiger partial charge in [0, 0.05) is 50.6 Å². The molecule has 4 aromatic rings. The number of aryl methyl sites for hydroxylation is 1. The highest BCUT2D eigenvalue weighted by molar-refractivity contribution is 6.04. The molecule has 1 saturated heterocycles. The first kappa shape index (κ1) is 19.0. The predicted molar refractivity (Wildman–Crippen MR) is 116 cm³/mol. The molecular weight excluding hydrogens is 380 g/mol. The maximum Gasteiger partial charge on any atom is 0.329 e. The number of nitrogens with zero attached hydrogens (tertiary/aromatic N) is 4. The highest BCUT2D eigenvalue weighted by Crippen LogP contribution is 2.31. The Balaban J connectivity index is 1.71. The average Bonchev–Trinajstić information content (AvgIpc) is 3.05. The molecule has 0 amide bonds. The van der Waals surface area contributed by atoms with Crippen LogP contribution in [0.15, 0.2) is 47.5 Å². The van der Waals surface area contributed by atoms with Crippen LogP contribution in [0.2, 0.25) is 0 Å². The molecule has 0 N–H and O–H groups in total. The molecule has 5 rings (SSSR count). The van der Waals surface area contributed by atoms with Gasteiger partial charge >= 0.3 is 5.69 Å². The van der Waals surface area contributed by atoms with Crippen molar-refractivity contribution in [3.63, 3.8) is 0 Å². The van der Waals surface area contributed by atoms with Gasteiger partial charge in [-0.05, 0) is 36.6 Å². The number of methoxy groups -OCH3 is 1. The van der Waals surface area contributed by atoms with Crippen LogP contribution < -0.4 is 5.69 Å². The molecule has 0 bridgehead atoms. The molecule has 0 aliphatic carbocycles. The van der Waals surface area contributed by atoms with E-state index in [1.807, 2.05) is 42.1 Å². The fraction of sp³-hybridized carbons (Fsp3) is 0.348. The van der Waals surface area contributed by atoms with Crippen molar-refractivity contribution < 1.29 is 9.47 Å². The van der Waals surface area contributed by atoms with Crippen molar-refractivity contribution in [2.24, 2.45) is 7.05 Å². The van der Waals surface area contributed by atoms with E-state index in [1.165, 1.54) is 0 Å². The zero-order valence-corrected chi connectivity index (χ0v) is 17.2. The van der Waals surface area contributed by atoms with E-state index in [-0.39, 0.29) is 11.7 Å². The van der Waals surface area contributed by atoms with Gasteiger partial charge in [-0.2, -0.15) is 0 Å². The third kappa shape index (κ3) is 3.11. The van der Waals surface area contributed by atoms with Crippen LogP contribution in [0, 0.1) is 0 Å². The summed E-state index contributed by atoms with van der Waals surface area (Å²) >= 11 is 0. The molecular formula is C23H24N4O3.